The maximum absolute atomic E-state index is 6.11. The van der Waals surface area contributed by atoms with Gasteiger partial charge in [0.25, 0.3) is 0 Å². The highest BCUT2D eigenvalue weighted by molar-refractivity contribution is 5.00. The molecule has 0 aromatic carbocycles. The molecule has 0 radical (unpaired) electrons. The Kier molecular flexibility index (Phi) is 3.42. The summed E-state index contributed by atoms with van der Waals surface area (Å²) >= 11 is 0. The summed E-state index contributed by atoms with van der Waals surface area (Å²) in [6.07, 6.45) is 0.0989. The van der Waals surface area contributed by atoms with Crippen LogP contribution in [0.5, 0.6) is 0 Å². The van der Waals surface area contributed by atoms with Gasteiger partial charge in [-0.25, -0.2) is 0 Å². The fraction of sp³-hybridized carbons (Fsp3) is 1.00. The smallest absolute Gasteiger partial charge is 0.190 e. The van der Waals surface area contributed by atoms with Crippen molar-refractivity contribution < 1.29 is 23.7 Å². The van der Waals surface area contributed by atoms with Crippen LogP contribution in [0.3, 0.4) is 0 Å². The van der Waals surface area contributed by atoms with Gasteiger partial charge in [0.05, 0.1) is 6.10 Å². The first-order valence-corrected chi connectivity index (χ1v) is 7.54. The van der Waals surface area contributed by atoms with Crippen LogP contribution in [0.2, 0.25) is 0 Å². The highest BCUT2D eigenvalue weighted by atomic mass is 16.9. The average molecular weight is 286 g/mol. The Bertz CT molecular complexity index is 378. The Balaban J connectivity index is 1.84. The molecule has 0 amide bonds. The summed E-state index contributed by atoms with van der Waals surface area (Å²) in [7, 11) is 0. The molecule has 0 spiro atoms. The summed E-state index contributed by atoms with van der Waals surface area (Å²) in [5.74, 6) is -0.707. The van der Waals surface area contributed by atoms with Gasteiger partial charge >= 0.3 is 0 Å². The molecule has 3 aliphatic heterocycles. The molecule has 20 heavy (non-hydrogen) atoms. The molecule has 5 nitrogen and oxygen atoms in total. The third kappa shape index (κ3) is 2.62. The molecule has 0 aromatic heterocycles. The number of ether oxygens (including phenoxy) is 5. The Morgan fingerprint density at radius 2 is 1.35 bits per heavy atom. The van der Waals surface area contributed by atoms with E-state index in [0.29, 0.717) is 5.92 Å². The summed E-state index contributed by atoms with van der Waals surface area (Å²) in [5.41, 5.74) is 0. The van der Waals surface area contributed by atoms with Gasteiger partial charge < -0.3 is 23.7 Å². The van der Waals surface area contributed by atoms with Crippen LogP contribution in [0.15, 0.2) is 0 Å². The maximum atomic E-state index is 6.11. The van der Waals surface area contributed by atoms with Gasteiger partial charge in [0.1, 0.15) is 18.3 Å². The lowest BCUT2D eigenvalue weighted by Gasteiger charge is -2.38. The molecule has 116 valence electrons. The van der Waals surface area contributed by atoms with Crippen molar-refractivity contribution in [2.24, 2.45) is 5.92 Å². The van der Waals surface area contributed by atoms with Crippen molar-refractivity contribution >= 4 is 0 Å². The Morgan fingerprint density at radius 3 is 2.00 bits per heavy atom. The van der Waals surface area contributed by atoms with Gasteiger partial charge in [-0.2, -0.15) is 0 Å². The van der Waals surface area contributed by atoms with E-state index in [0.717, 1.165) is 6.42 Å². The Morgan fingerprint density at radius 1 is 0.800 bits per heavy atom. The number of hydrogen-bond donors (Lipinski definition) is 0. The summed E-state index contributed by atoms with van der Waals surface area (Å²) in [5, 5.41) is 0. The topological polar surface area (TPSA) is 46.2 Å². The van der Waals surface area contributed by atoms with Crippen molar-refractivity contribution in [1.82, 2.24) is 0 Å². The monoisotopic (exact) mass is 286 g/mol. The van der Waals surface area contributed by atoms with Crippen LogP contribution in [-0.2, 0) is 23.7 Å². The van der Waals surface area contributed by atoms with Gasteiger partial charge in [0.2, 0.25) is 0 Å². The quantitative estimate of drug-likeness (QED) is 0.780. The summed E-state index contributed by atoms with van der Waals surface area (Å²) in [6, 6.07) is 0. The second-order valence-electron chi connectivity index (χ2n) is 7.34. The highest BCUT2D eigenvalue weighted by Crippen LogP contribution is 2.45. The first kappa shape index (κ1) is 14.7. The average Bonchev–Trinajstić information content (AvgIpc) is 2.73. The molecule has 0 aromatic rings. The fourth-order valence-corrected chi connectivity index (χ4v) is 3.35. The molecule has 3 saturated heterocycles. The van der Waals surface area contributed by atoms with Crippen LogP contribution in [0, 0.1) is 5.92 Å². The van der Waals surface area contributed by atoms with E-state index in [9.17, 15) is 0 Å². The molecule has 5 heteroatoms. The van der Waals surface area contributed by atoms with E-state index in [1.165, 1.54) is 0 Å². The lowest BCUT2D eigenvalue weighted by Crippen LogP contribution is -2.55. The Labute approximate surface area is 120 Å². The zero-order valence-electron chi connectivity index (χ0n) is 13.2. The molecule has 3 aliphatic rings. The molecule has 0 saturated carbocycles. The van der Waals surface area contributed by atoms with Gasteiger partial charge in [-0.05, 0) is 40.0 Å². The van der Waals surface area contributed by atoms with Crippen LogP contribution >= 0.6 is 0 Å². The lowest BCUT2D eigenvalue weighted by atomic mass is 9.93. The molecule has 3 rings (SSSR count). The third-order valence-corrected chi connectivity index (χ3v) is 3.95. The van der Waals surface area contributed by atoms with Crippen LogP contribution in [0.1, 0.15) is 48.0 Å². The molecular formula is C15H26O5. The largest absolute Gasteiger partial charge is 0.344 e. The van der Waals surface area contributed by atoms with E-state index in [2.05, 4.69) is 13.8 Å². The SMILES string of the molecule is CC(C)C[C@@H]1O[C@H]2OC(C)(C)O[C@H]2[C@@H]2OC(C)(C)O[C@@H]21. The van der Waals surface area contributed by atoms with Gasteiger partial charge in [-0.15, -0.1) is 0 Å². The predicted octanol–water partition coefficient (Wildman–Crippen LogP) is 2.43. The van der Waals surface area contributed by atoms with Crippen molar-refractivity contribution in [2.75, 3.05) is 0 Å². The van der Waals surface area contributed by atoms with Gasteiger partial charge in [0.15, 0.2) is 17.9 Å². The summed E-state index contributed by atoms with van der Waals surface area (Å²) < 4.78 is 30.1. The summed E-state index contributed by atoms with van der Waals surface area (Å²) in [6.45, 7) is 12.0. The molecule has 0 aliphatic carbocycles. The fourth-order valence-electron chi connectivity index (χ4n) is 3.35. The Hall–Kier alpha value is -0.200. The van der Waals surface area contributed by atoms with Crippen LogP contribution in [-0.4, -0.2) is 42.3 Å². The molecular weight excluding hydrogens is 260 g/mol. The van der Waals surface area contributed by atoms with E-state index in [1.807, 2.05) is 27.7 Å². The third-order valence-electron chi connectivity index (χ3n) is 3.95. The van der Waals surface area contributed by atoms with Crippen molar-refractivity contribution in [2.45, 2.75) is 90.2 Å². The maximum Gasteiger partial charge on any atom is 0.190 e. The van der Waals surface area contributed by atoms with Gasteiger partial charge in [-0.3, -0.25) is 0 Å². The van der Waals surface area contributed by atoms with Crippen molar-refractivity contribution in [3.05, 3.63) is 0 Å². The van der Waals surface area contributed by atoms with Crippen LogP contribution in [0.4, 0.5) is 0 Å². The van der Waals surface area contributed by atoms with Crippen molar-refractivity contribution in [3.8, 4) is 0 Å². The molecule has 0 unspecified atom stereocenters. The zero-order valence-corrected chi connectivity index (χ0v) is 13.2. The second-order valence-corrected chi connectivity index (χ2v) is 7.34. The molecule has 3 fully saturated rings. The highest BCUT2D eigenvalue weighted by Gasteiger charge is 2.60. The second kappa shape index (κ2) is 4.65. The zero-order chi connectivity index (χ0) is 14.7. The molecule has 3 heterocycles. The molecule has 5 atom stereocenters. The van der Waals surface area contributed by atoms with Crippen molar-refractivity contribution in [3.63, 3.8) is 0 Å². The molecule has 0 bridgehead atoms. The first-order valence-electron chi connectivity index (χ1n) is 7.54. The summed E-state index contributed by atoms with van der Waals surface area (Å²) in [4.78, 5) is 0. The van der Waals surface area contributed by atoms with Crippen LogP contribution < -0.4 is 0 Å². The van der Waals surface area contributed by atoms with E-state index in [1.54, 1.807) is 0 Å². The van der Waals surface area contributed by atoms with E-state index < -0.39 is 11.6 Å². The van der Waals surface area contributed by atoms with Crippen LogP contribution in [0.25, 0.3) is 0 Å². The van der Waals surface area contributed by atoms with E-state index in [4.69, 9.17) is 23.7 Å². The standard InChI is InChI=1S/C15H26O5/c1-8(2)7-9-10-11(18-14(3,4)17-10)12-13(16-9)20-15(5,6)19-12/h8-13H,7H2,1-6H3/t9-,10+,11+,12-,13-/m0/s1. The minimum Gasteiger partial charge on any atom is -0.344 e. The predicted molar refractivity (Wildman–Crippen MR) is 72.0 cm³/mol. The van der Waals surface area contributed by atoms with Gasteiger partial charge in [-0.1, -0.05) is 13.8 Å². The molecule has 0 N–H and O–H groups in total. The van der Waals surface area contributed by atoms with E-state index in [-0.39, 0.29) is 30.7 Å². The minimum absolute atomic E-state index is 0.0134. The van der Waals surface area contributed by atoms with Gasteiger partial charge in [0, 0.05) is 0 Å². The van der Waals surface area contributed by atoms with E-state index >= 15 is 0 Å². The number of rotatable bonds is 2. The van der Waals surface area contributed by atoms with Crippen molar-refractivity contribution in [1.29, 1.82) is 0 Å². The number of hydrogen-bond acceptors (Lipinski definition) is 5. The lowest BCUT2D eigenvalue weighted by molar-refractivity contribution is -0.236. The normalized spacial score (nSPS) is 45.5. The number of fused-ring (bicyclic) bond motifs is 3. The first-order chi connectivity index (χ1) is 9.17. The minimum atomic E-state index is -0.636.